The highest BCUT2D eigenvalue weighted by molar-refractivity contribution is 6.30. The molecular weight excluding hydrogens is 340 g/mol. The molecule has 0 fully saturated rings. The molecule has 0 bridgehead atoms. The molecule has 1 aromatic heterocycles. The molecule has 2 aromatic rings. The molecule has 1 aliphatic rings. The molecule has 6 nitrogen and oxygen atoms in total. The maximum atomic E-state index is 12.9. The van der Waals surface area contributed by atoms with Gasteiger partial charge in [0.2, 0.25) is 0 Å². The molecule has 0 saturated carbocycles. The van der Waals surface area contributed by atoms with E-state index in [1.807, 2.05) is 11.6 Å². The first kappa shape index (κ1) is 17.6. The number of hydrogen-bond donors (Lipinski definition) is 0. The molecule has 0 saturated heterocycles. The van der Waals surface area contributed by atoms with E-state index in [1.54, 1.807) is 35.2 Å². The minimum atomic E-state index is -0.0621. The molecule has 1 unspecified atom stereocenters. The number of amides is 1. The largest absolute Gasteiger partial charge is 0.377 e. The van der Waals surface area contributed by atoms with Crippen LogP contribution in [-0.4, -0.2) is 45.6 Å². The summed E-state index contributed by atoms with van der Waals surface area (Å²) in [5.74, 6) is -0.0327. The van der Waals surface area contributed by atoms with E-state index in [4.69, 9.17) is 16.3 Å². The fraction of sp³-hybridized carbons (Fsp3) is 0.389. The van der Waals surface area contributed by atoms with Crippen LogP contribution in [0.4, 0.5) is 0 Å². The number of carbonyl (C=O) groups is 1. The maximum absolute atomic E-state index is 12.9. The lowest BCUT2D eigenvalue weighted by Gasteiger charge is -2.32. The van der Waals surface area contributed by atoms with Gasteiger partial charge in [-0.15, -0.1) is 11.7 Å². The molecule has 1 aromatic carbocycles. The van der Waals surface area contributed by atoms with Gasteiger partial charge < -0.3 is 9.64 Å². The lowest BCUT2D eigenvalue weighted by molar-refractivity contribution is 0.0655. The van der Waals surface area contributed by atoms with Crippen LogP contribution in [0.25, 0.3) is 0 Å². The predicted octanol–water partition coefficient (Wildman–Crippen LogP) is 2.89. The summed E-state index contributed by atoms with van der Waals surface area (Å²) in [4.78, 5) is 14.7. The van der Waals surface area contributed by atoms with Crippen LogP contribution in [-0.2, 0) is 17.8 Å². The molecule has 132 valence electrons. The van der Waals surface area contributed by atoms with Crippen molar-refractivity contribution in [1.29, 1.82) is 0 Å². The summed E-state index contributed by atoms with van der Waals surface area (Å²) in [6.45, 7) is 8.40. The minimum Gasteiger partial charge on any atom is -0.377 e. The van der Waals surface area contributed by atoms with Gasteiger partial charge in [0, 0.05) is 29.6 Å². The molecule has 1 aliphatic heterocycles. The Hall–Kier alpha value is -2.18. The molecule has 0 spiro atoms. The number of ether oxygens (including phenoxy) is 1. The molecule has 0 radical (unpaired) electrons. The summed E-state index contributed by atoms with van der Waals surface area (Å²) in [5, 5.41) is 9.02. The molecule has 2 heterocycles. The number of carbonyl (C=O) groups excluding carboxylic acids is 1. The summed E-state index contributed by atoms with van der Waals surface area (Å²) in [7, 11) is 0. The summed E-state index contributed by atoms with van der Waals surface area (Å²) >= 11 is 6.02. The van der Waals surface area contributed by atoms with E-state index in [0.717, 1.165) is 17.9 Å². The van der Waals surface area contributed by atoms with Gasteiger partial charge in [0.15, 0.2) is 0 Å². The van der Waals surface area contributed by atoms with Crippen LogP contribution in [0.2, 0.25) is 5.02 Å². The number of aromatic nitrogens is 3. The highest BCUT2D eigenvalue weighted by Crippen LogP contribution is 2.28. The van der Waals surface area contributed by atoms with Gasteiger partial charge in [0.25, 0.3) is 5.91 Å². The highest BCUT2D eigenvalue weighted by atomic mass is 35.5. The average molecular weight is 361 g/mol. The zero-order valence-corrected chi connectivity index (χ0v) is 14.9. The Balaban J connectivity index is 1.85. The summed E-state index contributed by atoms with van der Waals surface area (Å²) in [6.07, 6.45) is 1.72. The Kier molecular flexibility index (Phi) is 5.50. The van der Waals surface area contributed by atoms with Gasteiger partial charge in [-0.25, -0.2) is 4.68 Å². The van der Waals surface area contributed by atoms with E-state index in [2.05, 4.69) is 16.9 Å². The third-order valence-electron chi connectivity index (χ3n) is 4.23. The fourth-order valence-corrected chi connectivity index (χ4v) is 3.32. The monoisotopic (exact) mass is 360 g/mol. The van der Waals surface area contributed by atoms with Crippen LogP contribution < -0.4 is 0 Å². The number of benzene rings is 1. The second-order valence-electron chi connectivity index (χ2n) is 5.96. The van der Waals surface area contributed by atoms with Crippen LogP contribution in [0.1, 0.15) is 34.6 Å². The number of nitrogens with zero attached hydrogens (tertiary/aromatic N) is 4. The van der Waals surface area contributed by atoms with E-state index in [-0.39, 0.29) is 11.8 Å². The quantitative estimate of drug-likeness (QED) is 0.587. The molecule has 3 rings (SSSR count). The van der Waals surface area contributed by atoms with Crippen molar-refractivity contribution in [3.05, 3.63) is 58.9 Å². The molecule has 0 N–H and O–H groups in total. The topological polar surface area (TPSA) is 60.2 Å². The van der Waals surface area contributed by atoms with E-state index in [1.165, 1.54) is 0 Å². The summed E-state index contributed by atoms with van der Waals surface area (Å²) in [5.41, 5.74) is 2.46. The number of fused-ring (bicyclic) bond motifs is 1. The first-order valence-corrected chi connectivity index (χ1v) is 8.67. The van der Waals surface area contributed by atoms with Crippen LogP contribution in [0.3, 0.4) is 0 Å². The van der Waals surface area contributed by atoms with Gasteiger partial charge in [-0.05, 0) is 25.1 Å². The number of aryl methyl sites for hydroxylation is 1. The van der Waals surface area contributed by atoms with E-state index >= 15 is 0 Å². The number of halogens is 1. The van der Waals surface area contributed by atoms with Gasteiger partial charge in [-0.2, -0.15) is 0 Å². The van der Waals surface area contributed by atoms with Crippen LogP contribution in [0.15, 0.2) is 36.9 Å². The van der Waals surface area contributed by atoms with Gasteiger partial charge in [0.05, 0.1) is 25.5 Å². The highest BCUT2D eigenvalue weighted by Gasteiger charge is 2.33. The molecule has 1 atom stereocenters. The molecular formula is C18H21ClN4O2. The first-order valence-electron chi connectivity index (χ1n) is 8.29. The van der Waals surface area contributed by atoms with E-state index in [9.17, 15) is 4.79 Å². The van der Waals surface area contributed by atoms with Gasteiger partial charge >= 0.3 is 0 Å². The Morgan fingerprint density at radius 1 is 1.52 bits per heavy atom. The van der Waals surface area contributed by atoms with Gasteiger partial charge in [0.1, 0.15) is 5.69 Å². The average Bonchev–Trinajstić information content (AvgIpc) is 3.04. The van der Waals surface area contributed by atoms with Crippen molar-refractivity contribution in [1.82, 2.24) is 19.9 Å². The Morgan fingerprint density at radius 2 is 2.36 bits per heavy atom. The van der Waals surface area contributed by atoms with Crippen LogP contribution in [0.5, 0.6) is 0 Å². The molecule has 25 heavy (non-hydrogen) atoms. The Labute approximate surface area is 152 Å². The standard InChI is InChI=1S/C18H21ClN4O2/c1-3-8-25-12-14-10-22(11-16-17(14)23(4-2)21-20-16)18(24)13-6-5-7-15(19)9-13/h3,5-7,9,14H,1,4,8,10-12H2,2H3. The number of rotatable bonds is 6. The molecule has 1 amide bonds. The van der Waals surface area contributed by atoms with Crippen LogP contribution >= 0.6 is 11.6 Å². The van der Waals surface area contributed by atoms with Crippen molar-refractivity contribution >= 4 is 17.5 Å². The second-order valence-corrected chi connectivity index (χ2v) is 6.39. The van der Waals surface area contributed by atoms with Crippen molar-refractivity contribution in [3.8, 4) is 0 Å². The van der Waals surface area contributed by atoms with Crippen molar-refractivity contribution < 1.29 is 9.53 Å². The Bertz CT molecular complexity index is 774. The molecule has 0 aliphatic carbocycles. The minimum absolute atomic E-state index is 0.0294. The Morgan fingerprint density at radius 3 is 3.08 bits per heavy atom. The van der Waals surface area contributed by atoms with Crippen molar-refractivity contribution in [2.45, 2.75) is 25.9 Å². The zero-order chi connectivity index (χ0) is 17.8. The summed E-state index contributed by atoms with van der Waals surface area (Å²) < 4.78 is 7.54. The van der Waals surface area contributed by atoms with Crippen molar-refractivity contribution in [2.24, 2.45) is 0 Å². The normalized spacial score (nSPS) is 16.6. The third-order valence-corrected chi connectivity index (χ3v) is 4.46. The first-order chi connectivity index (χ1) is 12.1. The smallest absolute Gasteiger partial charge is 0.254 e. The van der Waals surface area contributed by atoms with E-state index < -0.39 is 0 Å². The van der Waals surface area contributed by atoms with Crippen molar-refractivity contribution in [3.63, 3.8) is 0 Å². The van der Waals surface area contributed by atoms with Gasteiger partial charge in [-0.1, -0.05) is 29.0 Å². The molecule has 7 heteroatoms. The van der Waals surface area contributed by atoms with Crippen molar-refractivity contribution in [2.75, 3.05) is 19.8 Å². The van der Waals surface area contributed by atoms with E-state index in [0.29, 0.717) is 36.9 Å². The lowest BCUT2D eigenvalue weighted by atomic mass is 9.98. The maximum Gasteiger partial charge on any atom is 0.254 e. The lowest BCUT2D eigenvalue weighted by Crippen LogP contribution is -2.40. The SMILES string of the molecule is C=CCOCC1CN(C(=O)c2cccc(Cl)c2)Cc2nnn(CC)c21. The zero-order valence-electron chi connectivity index (χ0n) is 14.2. The third kappa shape index (κ3) is 3.75. The van der Waals surface area contributed by atoms with Gasteiger partial charge in [-0.3, -0.25) is 4.79 Å². The summed E-state index contributed by atoms with van der Waals surface area (Å²) in [6, 6.07) is 7.00. The fourth-order valence-electron chi connectivity index (χ4n) is 3.13. The van der Waals surface area contributed by atoms with Crippen LogP contribution in [0, 0.1) is 0 Å². The second kappa shape index (κ2) is 7.80. The number of hydrogen-bond acceptors (Lipinski definition) is 4. The predicted molar refractivity (Wildman–Crippen MR) is 95.6 cm³/mol.